The van der Waals surface area contributed by atoms with Crippen LogP contribution in [0.25, 0.3) is 0 Å². The van der Waals surface area contributed by atoms with Crippen molar-refractivity contribution in [1.82, 2.24) is 0 Å². The van der Waals surface area contributed by atoms with Crippen molar-refractivity contribution in [3.8, 4) is 0 Å². The fraction of sp³-hybridized carbons (Fsp3) is 0.500. The number of nitrogens with one attached hydrogen (secondary N) is 1. The molecule has 3 nitrogen and oxygen atoms in total. The standard InChI is InChI=1S/C12H15BrClNO2S/c1-18(16,17)12-4-2-3-11(12)15-10-6-5-8(14)7-9(10)13/h5-7,11-12,15H,2-4H2,1H3. The van der Waals surface area contributed by atoms with Crippen LogP contribution in [-0.4, -0.2) is 26.0 Å². The van der Waals surface area contributed by atoms with Crippen LogP contribution in [-0.2, 0) is 9.84 Å². The number of hydrogen-bond acceptors (Lipinski definition) is 3. The molecule has 0 spiro atoms. The summed E-state index contributed by atoms with van der Waals surface area (Å²) in [6.07, 6.45) is 3.88. The molecule has 1 fully saturated rings. The predicted molar refractivity (Wildman–Crippen MR) is 79.0 cm³/mol. The number of halogens is 2. The van der Waals surface area contributed by atoms with Crippen LogP contribution in [0.1, 0.15) is 19.3 Å². The van der Waals surface area contributed by atoms with Crippen molar-refractivity contribution < 1.29 is 8.42 Å². The molecular weight excluding hydrogens is 338 g/mol. The molecule has 0 bridgehead atoms. The summed E-state index contributed by atoms with van der Waals surface area (Å²) in [6.45, 7) is 0. The van der Waals surface area contributed by atoms with E-state index >= 15 is 0 Å². The zero-order valence-corrected chi connectivity index (χ0v) is 13.1. The molecule has 0 aromatic heterocycles. The largest absolute Gasteiger partial charge is 0.380 e. The first-order valence-electron chi connectivity index (χ1n) is 5.78. The van der Waals surface area contributed by atoms with Gasteiger partial charge in [-0.25, -0.2) is 8.42 Å². The van der Waals surface area contributed by atoms with E-state index in [0.717, 1.165) is 29.4 Å². The average Bonchev–Trinajstić information content (AvgIpc) is 2.70. The van der Waals surface area contributed by atoms with Crippen molar-refractivity contribution in [3.63, 3.8) is 0 Å². The highest BCUT2D eigenvalue weighted by molar-refractivity contribution is 9.10. The summed E-state index contributed by atoms with van der Waals surface area (Å²) in [5, 5.41) is 3.67. The summed E-state index contributed by atoms with van der Waals surface area (Å²) in [4.78, 5) is 0. The second-order valence-electron chi connectivity index (χ2n) is 4.67. The molecule has 1 N–H and O–H groups in total. The lowest BCUT2D eigenvalue weighted by atomic mass is 10.2. The zero-order valence-electron chi connectivity index (χ0n) is 9.99. The normalized spacial score (nSPS) is 24.2. The van der Waals surface area contributed by atoms with Crippen molar-refractivity contribution in [1.29, 1.82) is 0 Å². The number of rotatable bonds is 3. The van der Waals surface area contributed by atoms with E-state index < -0.39 is 9.84 Å². The molecule has 0 radical (unpaired) electrons. The second-order valence-corrected chi connectivity index (χ2v) is 8.23. The maximum Gasteiger partial charge on any atom is 0.152 e. The van der Waals surface area contributed by atoms with E-state index in [-0.39, 0.29) is 11.3 Å². The minimum atomic E-state index is -3.00. The molecule has 0 aliphatic heterocycles. The van der Waals surface area contributed by atoms with Gasteiger partial charge in [0, 0.05) is 27.5 Å². The lowest BCUT2D eigenvalue weighted by Crippen LogP contribution is -2.34. The van der Waals surface area contributed by atoms with E-state index in [1.807, 2.05) is 6.07 Å². The first-order chi connectivity index (χ1) is 8.38. The molecule has 2 unspecified atom stereocenters. The molecule has 100 valence electrons. The molecule has 6 heteroatoms. The Balaban J connectivity index is 2.18. The van der Waals surface area contributed by atoms with Crippen LogP contribution in [0, 0.1) is 0 Å². The van der Waals surface area contributed by atoms with Crippen LogP contribution in [0.4, 0.5) is 5.69 Å². The van der Waals surface area contributed by atoms with Crippen molar-refractivity contribution in [3.05, 3.63) is 27.7 Å². The van der Waals surface area contributed by atoms with Gasteiger partial charge in [0.05, 0.1) is 5.25 Å². The number of benzene rings is 1. The SMILES string of the molecule is CS(=O)(=O)C1CCCC1Nc1ccc(Cl)cc1Br. The lowest BCUT2D eigenvalue weighted by Gasteiger charge is -2.21. The van der Waals surface area contributed by atoms with Crippen molar-refractivity contribution in [2.75, 3.05) is 11.6 Å². The number of anilines is 1. The Bertz CT molecular complexity index is 547. The maximum atomic E-state index is 11.7. The Kier molecular flexibility index (Phi) is 4.24. The Morgan fingerprint density at radius 1 is 1.39 bits per heavy atom. The van der Waals surface area contributed by atoms with E-state index in [9.17, 15) is 8.42 Å². The Morgan fingerprint density at radius 3 is 2.72 bits per heavy atom. The predicted octanol–water partition coefficient (Wildman–Crippen LogP) is 3.48. The van der Waals surface area contributed by atoms with Crippen molar-refractivity contribution in [2.24, 2.45) is 0 Å². The molecule has 1 saturated carbocycles. The molecule has 1 aromatic rings. The first-order valence-corrected chi connectivity index (χ1v) is 8.91. The van der Waals surface area contributed by atoms with Crippen LogP contribution in [0.15, 0.2) is 22.7 Å². The molecular formula is C12H15BrClNO2S. The topological polar surface area (TPSA) is 46.2 Å². The zero-order chi connectivity index (χ0) is 13.3. The number of sulfone groups is 1. The molecule has 2 rings (SSSR count). The van der Waals surface area contributed by atoms with Gasteiger partial charge in [0.15, 0.2) is 9.84 Å². The summed E-state index contributed by atoms with van der Waals surface area (Å²) < 4.78 is 24.3. The molecule has 2 atom stereocenters. The van der Waals surface area contributed by atoms with Crippen LogP contribution in [0.2, 0.25) is 5.02 Å². The highest BCUT2D eigenvalue weighted by atomic mass is 79.9. The van der Waals surface area contributed by atoms with Crippen molar-refractivity contribution in [2.45, 2.75) is 30.6 Å². The molecule has 0 amide bonds. The van der Waals surface area contributed by atoms with Gasteiger partial charge in [-0.2, -0.15) is 0 Å². The highest BCUT2D eigenvalue weighted by Gasteiger charge is 2.34. The van der Waals surface area contributed by atoms with E-state index in [0.29, 0.717) is 5.02 Å². The quantitative estimate of drug-likeness (QED) is 0.906. The van der Waals surface area contributed by atoms with E-state index in [1.165, 1.54) is 6.26 Å². The van der Waals surface area contributed by atoms with E-state index in [2.05, 4.69) is 21.2 Å². The van der Waals surface area contributed by atoms with Crippen molar-refractivity contribution >= 4 is 43.1 Å². The van der Waals surface area contributed by atoms with Gasteiger partial charge in [0.2, 0.25) is 0 Å². The monoisotopic (exact) mass is 351 g/mol. The average molecular weight is 353 g/mol. The molecule has 18 heavy (non-hydrogen) atoms. The van der Waals surface area contributed by atoms with Crippen LogP contribution < -0.4 is 5.32 Å². The highest BCUT2D eigenvalue weighted by Crippen LogP contribution is 2.32. The van der Waals surface area contributed by atoms with E-state index in [4.69, 9.17) is 11.6 Å². The molecule has 1 aliphatic carbocycles. The first kappa shape index (κ1) is 14.2. The molecule has 0 heterocycles. The summed E-state index contributed by atoms with van der Waals surface area (Å²) in [6, 6.07) is 5.44. The third-order valence-electron chi connectivity index (χ3n) is 3.27. The molecule has 1 aromatic carbocycles. The van der Waals surface area contributed by atoms with Gasteiger partial charge < -0.3 is 5.32 Å². The maximum absolute atomic E-state index is 11.7. The van der Waals surface area contributed by atoms with Gasteiger partial charge >= 0.3 is 0 Å². The second kappa shape index (κ2) is 5.39. The van der Waals surface area contributed by atoms with Crippen LogP contribution in [0.5, 0.6) is 0 Å². The minimum Gasteiger partial charge on any atom is -0.380 e. The van der Waals surface area contributed by atoms with Gasteiger partial charge in [-0.05, 0) is 53.4 Å². The number of hydrogen-bond donors (Lipinski definition) is 1. The van der Waals surface area contributed by atoms with Crippen LogP contribution in [0.3, 0.4) is 0 Å². The molecule has 1 aliphatic rings. The third-order valence-corrected chi connectivity index (χ3v) is 5.83. The van der Waals surface area contributed by atoms with Gasteiger partial charge in [-0.1, -0.05) is 11.6 Å². The fourth-order valence-corrected chi connectivity index (χ4v) is 4.60. The summed E-state index contributed by atoms with van der Waals surface area (Å²) in [7, 11) is -3.00. The van der Waals surface area contributed by atoms with Gasteiger partial charge in [0.1, 0.15) is 0 Å². The van der Waals surface area contributed by atoms with Gasteiger partial charge in [0.25, 0.3) is 0 Å². The third kappa shape index (κ3) is 3.19. The smallest absolute Gasteiger partial charge is 0.152 e. The Hall–Kier alpha value is -0.260. The Morgan fingerprint density at radius 2 is 2.11 bits per heavy atom. The summed E-state index contributed by atoms with van der Waals surface area (Å²) in [5.74, 6) is 0. The minimum absolute atomic E-state index is 0.0162. The summed E-state index contributed by atoms with van der Waals surface area (Å²) >= 11 is 9.31. The molecule has 0 saturated heterocycles. The van der Waals surface area contributed by atoms with Gasteiger partial charge in [-0.3, -0.25) is 0 Å². The lowest BCUT2D eigenvalue weighted by molar-refractivity contribution is 0.579. The fourth-order valence-electron chi connectivity index (χ4n) is 2.41. The Labute approximate surface area is 121 Å². The van der Waals surface area contributed by atoms with E-state index in [1.54, 1.807) is 12.1 Å². The summed E-state index contributed by atoms with van der Waals surface area (Å²) in [5.41, 5.74) is 0.889. The van der Waals surface area contributed by atoms with Crippen LogP contribution >= 0.6 is 27.5 Å². The van der Waals surface area contributed by atoms with Gasteiger partial charge in [-0.15, -0.1) is 0 Å².